The molecule has 0 aliphatic carbocycles. The van der Waals surface area contributed by atoms with Crippen LogP contribution in [-0.4, -0.2) is 17.0 Å². The van der Waals surface area contributed by atoms with E-state index in [1.54, 1.807) is 30.3 Å². The van der Waals surface area contributed by atoms with E-state index in [9.17, 15) is 14.0 Å². The summed E-state index contributed by atoms with van der Waals surface area (Å²) < 4.78 is 18.8. The summed E-state index contributed by atoms with van der Waals surface area (Å²) in [4.78, 5) is 23.2. The normalized spacial score (nSPS) is 11.1. The molecule has 0 saturated heterocycles. The first-order valence-electron chi connectivity index (χ1n) is 8.18. The Bertz CT molecular complexity index is 817. The van der Waals surface area contributed by atoms with Gasteiger partial charge in [0.2, 0.25) is 5.91 Å². The first-order chi connectivity index (χ1) is 12.2. The zero-order valence-corrected chi connectivity index (χ0v) is 15.0. The minimum Gasteiger partial charge on any atom is -0.489 e. The molecule has 2 aromatic rings. The number of carbonyl (C=O) groups is 2. The number of anilines is 1. The molecule has 2 rings (SSSR count). The van der Waals surface area contributed by atoms with Gasteiger partial charge in [-0.1, -0.05) is 12.1 Å². The second-order valence-electron chi connectivity index (χ2n) is 6.81. The number of carbonyl (C=O) groups excluding carboxylic acids is 1. The minimum atomic E-state index is -1.13. The first-order valence-corrected chi connectivity index (χ1v) is 8.18. The third-order valence-corrected chi connectivity index (χ3v) is 3.95. The van der Waals surface area contributed by atoms with Crippen LogP contribution in [0.2, 0.25) is 0 Å². The Hall–Kier alpha value is -2.89. The molecule has 0 atom stereocenters. The van der Waals surface area contributed by atoms with Gasteiger partial charge >= 0.3 is 5.97 Å². The molecule has 0 unspecified atom stereocenters. The molecule has 0 aliphatic heterocycles. The predicted molar refractivity (Wildman–Crippen MR) is 96.6 cm³/mol. The van der Waals surface area contributed by atoms with Crippen molar-refractivity contribution in [1.29, 1.82) is 0 Å². The molecule has 5 nitrogen and oxygen atoms in total. The van der Waals surface area contributed by atoms with E-state index in [0.717, 1.165) is 11.1 Å². The van der Waals surface area contributed by atoms with Crippen LogP contribution in [0.5, 0.6) is 5.75 Å². The molecule has 0 saturated carbocycles. The van der Waals surface area contributed by atoms with Gasteiger partial charge in [-0.15, -0.1) is 0 Å². The maximum Gasteiger partial charge on any atom is 0.309 e. The van der Waals surface area contributed by atoms with Crippen molar-refractivity contribution in [3.8, 4) is 5.75 Å². The number of carboxylic acids is 1. The maximum absolute atomic E-state index is 13.2. The van der Waals surface area contributed by atoms with Crippen molar-refractivity contribution in [2.24, 2.45) is 5.41 Å². The number of hydrogen-bond donors (Lipinski definition) is 2. The van der Waals surface area contributed by atoms with E-state index in [1.165, 1.54) is 26.0 Å². The molecule has 1 amide bonds. The van der Waals surface area contributed by atoms with Crippen LogP contribution in [0, 0.1) is 18.2 Å². The Balaban J connectivity index is 1.98. The number of aliphatic carboxylic acids is 1. The lowest BCUT2D eigenvalue weighted by atomic mass is 9.89. The molecule has 0 heterocycles. The third-order valence-electron chi connectivity index (χ3n) is 3.95. The number of hydrogen-bond acceptors (Lipinski definition) is 3. The topological polar surface area (TPSA) is 75.6 Å². The number of amides is 1. The number of rotatable bonds is 7. The van der Waals surface area contributed by atoms with Crippen molar-refractivity contribution in [3.63, 3.8) is 0 Å². The van der Waals surface area contributed by atoms with E-state index in [4.69, 9.17) is 9.84 Å². The van der Waals surface area contributed by atoms with E-state index in [-0.39, 0.29) is 24.8 Å². The Morgan fingerprint density at radius 3 is 2.54 bits per heavy atom. The van der Waals surface area contributed by atoms with Crippen molar-refractivity contribution in [1.82, 2.24) is 0 Å². The van der Waals surface area contributed by atoms with Gasteiger partial charge in [0.05, 0.1) is 5.41 Å². The van der Waals surface area contributed by atoms with Crippen LogP contribution in [0.3, 0.4) is 0 Å². The Kier molecular flexibility index (Phi) is 5.97. The number of benzene rings is 2. The second-order valence-corrected chi connectivity index (χ2v) is 6.81. The summed E-state index contributed by atoms with van der Waals surface area (Å²) >= 11 is 0. The highest BCUT2D eigenvalue weighted by Crippen LogP contribution is 2.25. The number of aryl methyl sites for hydroxylation is 1. The van der Waals surface area contributed by atoms with Crippen LogP contribution in [0.15, 0.2) is 42.5 Å². The molecule has 0 aliphatic rings. The molecule has 0 aromatic heterocycles. The quantitative estimate of drug-likeness (QED) is 0.779. The fraction of sp³-hybridized carbons (Fsp3) is 0.300. The molecule has 0 radical (unpaired) electrons. The van der Waals surface area contributed by atoms with Gasteiger partial charge in [0, 0.05) is 12.1 Å². The summed E-state index contributed by atoms with van der Waals surface area (Å²) in [5.74, 6) is -1.11. The average molecular weight is 359 g/mol. The Morgan fingerprint density at radius 2 is 1.92 bits per heavy atom. The van der Waals surface area contributed by atoms with Crippen molar-refractivity contribution >= 4 is 17.6 Å². The summed E-state index contributed by atoms with van der Waals surface area (Å²) in [7, 11) is 0. The van der Waals surface area contributed by atoms with Crippen LogP contribution < -0.4 is 10.1 Å². The van der Waals surface area contributed by atoms with Crippen LogP contribution in [0.25, 0.3) is 0 Å². The van der Waals surface area contributed by atoms with Gasteiger partial charge in [-0.3, -0.25) is 9.59 Å². The fourth-order valence-corrected chi connectivity index (χ4v) is 2.33. The van der Waals surface area contributed by atoms with Gasteiger partial charge in [0.25, 0.3) is 0 Å². The molecule has 0 fully saturated rings. The van der Waals surface area contributed by atoms with Gasteiger partial charge in [0.15, 0.2) is 0 Å². The van der Waals surface area contributed by atoms with Crippen LogP contribution >= 0.6 is 0 Å². The number of carboxylic acid groups (broad SMARTS) is 1. The van der Waals surface area contributed by atoms with Crippen molar-refractivity contribution < 1.29 is 23.8 Å². The fourth-order valence-electron chi connectivity index (χ4n) is 2.33. The van der Waals surface area contributed by atoms with Crippen molar-refractivity contribution in [3.05, 3.63) is 59.4 Å². The Labute approximate surface area is 151 Å². The summed E-state index contributed by atoms with van der Waals surface area (Å²) in [5.41, 5.74) is 0.958. The summed E-state index contributed by atoms with van der Waals surface area (Å²) in [5, 5.41) is 11.8. The van der Waals surface area contributed by atoms with Gasteiger partial charge in [0.1, 0.15) is 18.2 Å². The van der Waals surface area contributed by atoms with Gasteiger partial charge in [-0.05, 0) is 62.2 Å². The number of nitrogens with one attached hydrogen (secondary N) is 1. The first kappa shape index (κ1) is 19.4. The van der Waals surface area contributed by atoms with E-state index >= 15 is 0 Å². The summed E-state index contributed by atoms with van der Waals surface area (Å²) in [6.07, 6.45) is -0.125. The van der Waals surface area contributed by atoms with Gasteiger partial charge in [-0.2, -0.15) is 0 Å². The minimum absolute atomic E-state index is 0.125. The monoisotopic (exact) mass is 359 g/mol. The molecular formula is C20H22FNO4. The smallest absolute Gasteiger partial charge is 0.309 e. The third kappa shape index (κ3) is 5.31. The number of ether oxygens (including phenoxy) is 1. The molecule has 0 bridgehead atoms. The van der Waals surface area contributed by atoms with Crippen LogP contribution in [0.1, 0.15) is 31.4 Å². The summed E-state index contributed by atoms with van der Waals surface area (Å²) in [6, 6.07) is 11.3. The highest BCUT2D eigenvalue weighted by molar-refractivity contribution is 5.94. The van der Waals surface area contributed by atoms with E-state index in [2.05, 4.69) is 5.32 Å². The molecule has 26 heavy (non-hydrogen) atoms. The maximum atomic E-state index is 13.2. The predicted octanol–water partition coefficient (Wildman–Crippen LogP) is 4.15. The lowest BCUT2D eigenvalue weighted by Gasteiger charge is -2.19. The van der Waals surface area contributed by atoms with E-state index < -0.39 is 11.4 Å². The van der Waals surface area contributed by atoms with Crippen molar-refractivity contribution in [2.75, 3.05) is 5.32 Å². The zero-order valence-electron chi connectivity index (χ0n) is 15.0. The summed E-state index contributed by atoms with van der Waals surface area (Å²) in [6.45, 7) is 5.05. The molecule has 138 valence electrons. The van der Waals surface area contributed by atoms with Gasteiger partial charge < -0.3 is 15.2 Å². The lowest BCUT2D eigenvalue weighted by molar-refractivity contribution is -0.148. The highest BCUT2D eigenvalue weighted by atomic mass is 19.1. The SMILES string of the molecule is Cc1cc(OCc2cccc(F)c2)ccc1NC(=O)CC(C)(C)C(=O)O. The molecule has 6 heteroatoms. The van der Waals surface area contributed by atoms with Crippen molar-refractivity contribution in [2.45, 2.75) is 33.8 Å². The van der Waals surface area contributed by atoms with E-state index in [1.807, 2.05) is 6.92 Å². The molecule has 2 N–H and O–H groups in total. The molecular weight excluding hydrogens is 337 g/mol. The Morgan fingerprint density at radius 1 is 1.19 bits per heavy atom. The second kappa shape index (κ2) is 7.99. The standard InChI is InChI=1S/C20H22FNO4/c1-13-9-16(26-12-14-5-4-6-15(21)10-14)7-8-17(13)22-18(23)11-20(2,3)19(24)25/h4-10H,11-12H2,1-3H3,(H,22,23)(H,24,25). The molecule has 0 spiro atoms. The zero-order chi connectivity index (χ0) is 19.3. The van der Waals surface area contributed by atoms with Crippen LogP contribution in [-0.2, 0) is 16.2 Å². The largest absolute Gasteiger partial charge is 0.489 e. The van der Waals surface area contributed by atoms with Crippen LogP contribution in [0.4, 0.5) is 10.1 Å². The average Bonchev–Trinajstić information content (AvgIpc) is 2.54. The number of halogens is 1. The highest BCUT2D eigenvalue weighted by Gasteiger charge is 2.30. The van der Waals surface area contributed by atoms with Gasteiger partial charge in [-0.25, -0.2) is 4.39 Å². The molecule has 2 aromatic carbocycles. The lowest BCUT2D eigenvalue weighted by Crippen LogP contribution is -2.29. The van der Waals surface area contributed by atoms with E-state index in [0.29, 0.717) is 11.4 Å².